The highest BCUT2D eigenvalue weighted by molar-refractivity contribution is 4.94. The predicted molar refractivity (Wildman–Crippen MR) is 46.3 cm³/mol. The van der Waals surface area contributed by atoms with Gasteiger partial charge in [-0.25, -0.2) is 0 Å². The van der Waals surface area contributed by atoms with Gasteiger partial charge in [0.1, 0.15) is 0 Å². The summed E-state index contributed by atoms with van der Waals surface area (Å²) in [6.07, 6.45) is 5.21. The Bertz CT molecular complexity index is 132. The van der Waals surface area contributed by atoms with Gasteiger partial charge in [-0.15, -0.1) is 0 Å². The number of rotatable bonds is 1. The molecule has 0 spiro atoms. The summed E-state index contributed by atoms with van der Waals surface area (Å²) in [5.74, 6) is 0.962. The van der Waals surface area contributed by atoms with Gasteiger partial charge in [-0.05, 0) is 38.5 Å². The molecular formula is C9H18N2. The van der Waals surface area contributed by atoms with Crippen LogP contribution >= 0.6 is 0 Å². The molecule has 3 N–H and O–H groups in total. The third-order valence-corrected chi connectivity index (χ3v) is 2.90. The average molecular weight is 154 g/mol. The van der Waals surface area contributed by atoms with Crippen molar-refractivity contribution < 1.29 is 0 Å². The summed E-state index contributed by atoms with van der Waals surface area (Å²) in [5.41, 5.74) is 5.94. The maximum Gasteiger partial charge on any atom is 0.0113 e. The van der Waals surface area contributed by atoms with E-state index in [0.29, 0.717) is 12.1 Å². The third-order valence-electron chi connectivity index (χ3n) is 2.90. The summed E-state index contributed by atoms with van der Waals surface area (Å²) >= 11 is 0. The Labute approximate surface area is 68.5 Å². The van der Waals surface area contributed by atoms with Crippen molar-refractivity contribution in [2.45, 2.75) is 50.7 Å². The van der Waals surface area contributed by atoms with Crippen LogP contribution in [0.1, 0.15) is 32.6 Å². The molecule has 11 heavy (non-hydrogen) atoms. The molecule has 1 aliphatic carbocycles. The smallest absolute Gasteiger partial charge is 0.0113 e. The normalized spacial score (nSPS) is 45.8. The second-order valence-corrected chi connectivity index (χ2v) is 4.24. The van der Waals surface area contributed by atoms with Gasteiger partial charge >= 0.3 is 0 Å². The van der Waals surface area contributed by atoms with Gasteiger partial charge in [-0.1, -0.05) is 0 Å². The number of hydrogen-bond donors (Lipinski definition) is 2. The first-order valence-electron chi connectivity index (χ1n) is 4.77. The van der Waals surface area contributed by atoms with E-state index < -0.39 is 0 Å². The molecule has 2 fully saturated rings. The Morgan fingerprint density at radius 1 is 1.27 bits per heavy atom. The zero-order chi connectivity index (χ0) is 7.84. The minimum Gasteiger partial charge on any atom is -0.328 e. The molecule has 0 aromatic heterocycles. The number of nitrogens with two attached hydrogens (primary N) is 1. The molecule has 1 saturated carbocycles. The Hall–Kier alpha value is -0.0800. The van der Waals surface area contributed by atoms with E-state index in [4.69, 9.17) is 5.73 Å². The standard InChI is InChI=1S/C9H18N2/c1-6-4-8(10)5-9(11-6)7-2-3-7/h6-9,11H,2-5,10H2,1H3/t6-,8-,9-/m0/s1. The average Bonchev–Trinajstić information content (AvgIpc) is 2.64. The number of nitrogens with one attached hydrogen (secondary N) is 1. The quantitative estimate of drug-likeness (QED) is 0.588. The van der Waals surface area contributed by atoms with Gasteiger partial charge in [-0.2, -0.15) is 0 Å². The van der Waals surface area contributed by atoms with Crippen LogP contribution in [0, 0.1) is 5.92 Å². The summed E-state index contributed by atoms with van der Waals surface area (Å²) in [5, 5.41) is 3.63. The number of hydrogen-bond acceptors (Lipinski definition) is 2. The molecule has 0 unspecified atom stereocenters. The molecule has 0 bridgehead atoms. The first-order chi connectivity index (χ1) is 5.25. The fourth-order valence-electron chi connectivity index (χ4n) is 2.21. The molecule has 2 heteroatoms. The second-order valence-electron chi connectivity index (χ2n) is 4.24. The zero-order valence-corrected chi connectivity index (χ0v) is 7.22. The van der Waals surface area contributed by atoms with E-state index in [0.717, 1.165) is 18.4 Å². The van der Waals surface area contributed by atoms with Crippen molar-refractivity contribution in [1.82, 2.24) is 5.32 Å². The van der Waals surface area contributed by atoms with Crippen LogP contribution < -0.4 is 11.1 Å². The molecule has 0 aromatic rings. The maximum absolute atomic E-state index is 5.94. The SMILES string of the molecule is C[C@H]1C[C@H](N)C[C@@H](C2CC2)N1. The Balaban J connectivity index is 1.89. The van der Waals surface area contributed by atoms with Gasteiger partial charge in [0.25, 0.3) is 0 Å². The van der Waals surface area contributed by atoms with E-state index in [9.17, 15) is 0 Å². The molecule has 0 aromatic carbocycles. The van der Waals surface area contributed by atoms with E-state index in [1.54, 1.807) is 0 Å². The Morgan fingerprint density at radius 3 is 2.55 bits per heavy atom. The lowest BCUT2D eigenvalue weighted by atomic mass is 9.93. The lowest BCUT2D eigenvalue weighted by Crippen LogP contribution is -2.49. The maximum atomic E-state index is 5.94. The molecule has 1 heterocycles. The summed E-state index contributed by atoms with van der Waals surface area (Å²) in [7, 11) is 0. The molecule has 2 aliphatic rings. The van der Waals surface area contributed by atoms with E-state index in [2.05, 4.69) is 12.2 Å². The highest BCUT2D eigenvalue weighted by Crippen LogP contribution is 2.36. The summed E-state index contributed by atoms with van der Waals surface area (Å²) in [6.45, 7) is 2.24. The summed E-state index contributed by atoms with van der Waals surface area (Å²) in [6, 6.07) is 1.84. The van der Waals surface area contributed by atoms with Crippen molar-refractivity contribution >= 4 is 0 Å². The van der Waals surface area contributed by atoms with Crippen LogP contribution in [0.15, 0.2) is 0 Å². The predicted octanol–water partition coefficient (Wildman–Crippen LogP) is 0.864. The van der Waals surface area contributed by atoms with Gasteiger partial charge in [0.2, 0.25) is 0 Å². The van der Waals surface area contributed by atoms with Crippen molar-refractivity contribution in [3.8, 4) is 0 Å². The van der Waals surface area contributed by atoms with E-state index in [1.165, 1.54) is 19.3 Å². The summed E-state index contributed by atoms with van der Waals surface area (Å²) in [4.78, 5) is 0. The fraction of sp³-hybridized carbons (Fsp3) is 1.00. The molecule has 64 valence electrons. The number of piperidine rings is 1. The molecular weight excluding hydrogens is 136 g/mol. The van der Waals surface area contributed by atoms with Gasteiger partial charge in [0, 0.05) is 18.1 Å². The second kappa shape index (κ2) is 2.76. The van der Waals surface area contributed by atoms with E-state index in [1.807, 2.05) is 0 Å². The minimum atomic E-state index is 0.455. The van der Waals surface area contributed by atoms with E-state index in [-0.39, 0.29) is 0 Å². The molecule has 0 amide bonds. The third kappa shape index (κ3) is 1.74. The van der Waals surface area contributed by atoms with Crippen molar-refractivity contribution in [3.05, 3.63) is 0 Å². The van der Waals surface area contributed by atoms with Crippen LogP contribution in [0.4, 0.5) is 0 Å². The largest absolute Gasteiger partial charge is 0.328 e. The van der Waals surface area contributed by atoms with Gasteiger partial charge in [-0.3, -0.25) is 0 Å². The lowest BCUT2D eigenvalue weighted by Gasteiger charge is -2.33. The molecule has 1 aliphatic heterocycles. The van der Waals surface area contributed by atoms with Crippen molar-refractivity contribution in [2.24, 2.45) is 11.7 Å². The lowest BCUT2D eigenvalue weighted by molar-refractivity contribution is 0.281. The van der Waals surface area contributed by atoms with Gasteiger partial charge in [0.15, 0.2) is 0 Å². The van der Waals surface area contributed by atoms with E-state index >= 15 is 0 Å². The molecule has 1 saturated heterocycles. The Kier molecular flexibility index (Phi) is 1.90. The van der Waals surface area contributed by atoms with Gasteiger partial charge in [0.05, 0.1) is 0 Å². The van der Waals surface area contributed by atoms with Crippen LogP contribution in [-0.2, 0) is 0 Å². The monoisotopic (exact) mass is 154 g/mol. The zero-order valence-electron chi connectivity index (χ0n) is 7.22. The molecule has 2 rings (SSSR count). The van der Waals surface area contributed by atoms with Crippen LogP contribution in [0.2, 0.25) is 0 Å². The minimum absolute atomic E-state index is 0.455. The van der Waals surface area contributed by atoms with Crippen LogP contribution in [0.25, 0.3) is 0 Å². The highest BCUT2D eigenvalue weighted by atomic mass is 15.0. The van der Waals surface area contributed by atoms with Crippen LogP contribution in [-0.4, -0.2) is 18.1 Å². The molecule has 2 nitrogen and oxygen atoms in total. The van der Waals surface area contributed by atoms with Crippen molar-refractivity contribution in [2.75, 3.05) is 0 Å². The summed E-state index contributed by atoms with van der Waals surface area (Å²) < 4.78 is 0. The van der Waals surface area contributed by atoms with Crippen LogP contribution in [0.5, 0.6) is 0 Å². The van der Waals surface area contributed by atoms with Gasteiger partial charge < -0.3 is 11.1 Å². The topological polar surface area (TPSA) is 38.0 Å². The first kappa shape index (κ1) is 7.56. The molecule has 0 radical (unpaired) electrons. The van der Waals surface area contributed by atoms with Crippen molar-refractivity contribution in [3.63, 3.8) is 0 Å². The van der Waals surface area contributed by atoms with Crippen molar-refractivity contribution in [1.29, 1.82) is 0 Å². The Morgan fingerprint density at radius 2 is 2.00 bits per heavy atom. The highest BCUT2D eigenvalue weighted by Gasteiger charge is 2.35. The first-order valence-corrected chi connectivity index (χ1v) is 4.77. The molecule has 3 atom stereocenters. The fourth-order valence-corrected chi connectivity index (χ4v) is 2.21. The van der Waals surface area contributed by atoms with Crippen LogP contribution in [0.3, 0.4) is 0 Å².